The minimum atomic E-state index is -0.463. The Bertz CT molecular complexity index is 750. The fourth-order valence-corrected chi connectivity index (χ4v) is 2.95. The number of thioether (sulfide) groups is 1. The quantitative estimate of drug-likeness (QED) is 0.489. The van der Waals surface area contributed by atoms with Crippen LogP contribution < -0.4 is 5.32 Å². The van der Waals surface area contributed by atoms with E-state index in [1.807, 2.05) is 0 Å². The van der Waals surface area contributed by atoms with E-state index in [-0.39, 0.29) is 22.7 Å². The number of non-ortho nitro benzene ring substituents is 1. The number of hydrogen-bond acceptors (Lipinski definition) is 4. The van der Waals surface area contributed by atoms with Crippen LogP contribution in [-0.2, 0) is 11.3 Å². The first-order valence-electron chi connectivity index (χ1n) is 7.30. The Hall–Kier alpha value is -2.41. The summed E-state index contributed by atoms with van der Waals surface area (Å²) >= 11 is 1.32. The van der Waals surface area contributed by atoms with Gasteiger partial charge in [-0.3, -0.25) is 14.9 Å². The molecular weight excluding hydrogens is 331 g/mol. The van der Waals surface area contributed by atoms with Gasteiger partial charge in [-0.15, -0.1) is 11.8 Å². The zero-order valence-corrected chi connectivity index (χ0v) is 14.1. The number of halogens is 1. The molecule has 2 aromatic carbocycles. The van der Waals surface area contributed by atoms with Crippen LogP contribution in [-0.4, -0.2) is 16.1 Å². The minimum absolute atomic E-state index is 0.0168. The summed E-state index contributed by atoms with van der Waals surface area (Å²) in [6, 6.07) is 10.8. The number of carbonyl (C=O) groups is 1. The maximum Gasteiger partial charge on any atom is 0.269 e. The molecule has 0 saturated heterocycles. The largest absolute Gasteiger partial charge is 0.351 e. The molecule has 0 heterocycles. The number of hydrogen-bond donors (Lipinski definition) is 1. The monoisotopic (exact) mass is 348 g/mol. The van der Waals surface area contributed by atoms with Crippen LogP contribution in [0.4, 0.5) is 10.1 Å². The van der Waals surface area contributed by atoms with Gasteiger partial charge < -0.3 is 5.32 Å². The number of nitro groups is 1. The zero-order chi connectivity index (χ0) is 17.7. The number of amides is 1. The summed E-state index contributed by atoms with van der Waals surface area (Å²) in [5, 5.41) is 13.1. The zero-order valence-electron chi connectivity index (χ0n) is 13.3. The van der Waals surface area contributed by atoms with Crippen molar-refractivity contribution in [1.29, 1.82) is 0 Å². The van der Waals surface area contributed by atoms with Crippen molar-refractivity contribution < 1.29 is 14.1 Å². The van der Waals surface area contributed by atoms with Crippen LogP contribution >= 0.6 is 11.8 Å². The summed E-state index contributed by atoms with van der Waals surface area (Å²) in [4.78, 5) is 23.1. The molecule has 0 fully saturated rings. The lowest BCUT2D eigenvalue weighted by molar-refractivity contribution is -0.384. The minimum Gasteiger partial charge on any atom is -0.351 e. The average molecular weight is 348 g/mol. The van der Waals surface area contributed by atoms with Gasteiger partial charge in [0, 0.05) is 23.6 Å². The van der Waals surface area contributed by atoms with Crippen LogP contribution in [0.5, 0.6) is 0 Å². The van der Waals surface area contributed by atoms with Crippen LogP contribution in [0.15, 0.2) is 47.4 Å². The molecule has 0 aromatic heterocycles. The molecule has 1 amide bonds. The van der Waals surface area contributed by atoms with Crippen molar-refractivity contribution in [2.75, 3.05) is 0 Å². The molecule has 0 saturated carbocycles. The highest BCUT2D eigenvalue weighted by molar-refractivity contribution is 8.00. The van der Waals surface area contributed by atoms with E-state index in [4.69, 9.17) is 0 Å². The summed E-state index contributed by atoms with van der Waals surface area (Å²) in [7, 11) is 0. The van der Waals surface area contributed by atoms with Crippen molar-refractivity contribution in [1.82, 2.24) is 5.32 Å². The lowest BCUT2D eigenvalue weighted by Crippen LogP contribution is -2.30. The molecule has 1 unspecified atom stereocenters. The molecule has 0 radical (unpaired) electrons. The van der Waals surface area contributed by atoms with Gasteiger partial charge in [0.05, 0.1) is 10.2 Å². The summed E-state index contributed by atoms with van der Waals surface area (Å²) in [6.45, 7) is 3.76. The highest BCUT2D eigenvalue weighted by Crippen LogP contribution is 2.25. The SMILES string of the molecule is Cc1cc(CNC(=O)C(C)Sc2ccc([N+](=O)[O-])cc2)ccc1F. The maximum atomic E-state index is 13.2. The molecule has 0 bridgehead atoms. The van der Waals surface area contributed by atoms with Gasteiger partial charge in [-0.1, -0.05) is 12.1 Å². The molecule has 5 nitrogen and oxygen atoms in total. The first-order chi connectivity index (χ1) is 11.4. The summed E-state index contributed by atoms with van der Waals surface area (Å²) in [6.07, 6.45) is 0. The van der Waals surface area contributed by atoms with Crippen molar-refractivity contribution in [3.63, 3.8) is 0 Å². The summed E-state index contributed by atoms with van der Waals surface area (Å²) < 4.78 is 13.2. The third kappa shape index (κ3) is 4.79. The van der Waals surface area contributed by atoms with E-state index in [0.29, 0.717) is 12.1 Å². The number of aryl methyl sites for hydroxylation is 1. The molecule has 0 aliphatic carbocycles. The van der Waals surface area contributed by atoms with Crippen LogP contribution in [0.1, 0.15) is 18.1 Å². The molecule has 7 heteroatoms. The Labute approximate surface area is 143 Å². The fraction of sp³-hybridized carbons (Fsp3) is 0.235. The molecule has 126 valence electrons. The molecule has 0 aliphatic rings. The molecule has 1 atom stereocenters. The van der Waals surface area contributed by atoms with Gasteiger partial charge in [-0.2, -0.15) is 0 Å². The highest BCUT2D eigenvalue weighted by atomic mass is 32.2. The Morgan fingerprint density at radius 2 is 1.96 bits per heavy atom. The van der Waals surface area contributed by atoms with E-state index in [2.05, 4.69) is 5.32 Å². The van der Waals surface area contributed by atoms with Crippen molar-refractivity contribution >= 4 is 23.4 Å². The first kappa shape index (κ1) is 17.9. The second-order valence-corrected chi connectivity index (χ2v) is 6.73. The van der Waals surface area contributed by atoms with E-state index < -0.39 is 4.92 Å². The number of nitro benzene ring substituents is 1. The Balaban J connectivity index is 1.89. The first-order valence-corrected chi connectivity index (χ1v) is 8.18. The summed E-state index contributed by atoms with van der Waals surface area (Å²) in [5.74, 6) is -0.424. The standard InChI is InChI=1S/C17H17FN2O3S/c1-11-9-13(3-8-16(11)18)10-19-17(21)12(2)24-15-6-4-14(5-7-15)20(22)23/h3-9,12H,10H2,1-2H3,(H,19,21). The van der Waals surface area contributed by atoms with E-state index in [9.17, 15) is 19.3 Å². The Morgan fingerprint density at radius 3 is 2.54 bits per heavy atom. The molecule has 1 N–H and O–H groups in total. The molecule has 2 aromatic rings. The second-order valence-electron chi connectivity index (χ2n) is 5.31. The van der Waals surface area contributed by atoms with E-state index in [1.165, 1.54) is 30.0 Å². The Kier molecular flexibility index (Phi) is 5.92. The van der Waals surface area contributed by atoms with Crippen molar-refractivity contribution in [2.24, 2.45) is 0 Å². The molecular formula is C17H17FN2O3S. The maximum absolute atomic E-state index is 13.2. The van der Waals surface area contributed by atoms with Crippen LogP contribution in [0, 0.1) is 22.9 Å². The predicted octanol–water partition coefficient (Wildman–Crippen LogP) is 3.84. The number of carbonyl (C=O) groups excluding carboxylic acids is 1. The van der Waals surface area contributed by atoms with Gasteiger partial charge in [-0.05, 0) is 43.2 Å². The van der Waals surface area contributed by atoms with Crippen molar-refractivity contribution in [3.8, 4) is 0 Å². The normalized spacial score (nSPS) is 11.8. The van der Waals surface area contributed by atoms with Gasteiger partial charge >= 0.3 is 0 Å². The number of nitrogens with zero attached hydrogens (tertiary/aromatic N) is 1. The summed E-state index contributed by atoms with van der Waals surface area (Å²) in [5.41, 5.74) is 1.38. The van der Waals surface area contributed by atoms with E-state index >= 15 is 0 Å². The third-order valence-corrected chi connectivity index (χ3v) is 4.53. The average Bonchev–Trinajstić information content (AvgIpc) is 2.56. The number of nitrogens with one attached hydrogen (secondary N) is 1. The van der Waals surface area contributed by atoms with Crippen molar-refractivity contribution in [2.45, 2.75) is 30.5 Å². The smallest absolute Gasteiger partial charge is 0.269 e. The van der Waals surface area contributed by atoms with Gasteiger partial charge in [0.2, 0.25) is 5.91 Å². The van der Waals surface area contributed by atoms with E-state index in [0.717, 1.165) is 10.5 Å². The molecule has 2 rings (SSSR count). The lowest BCUT2D eigenvalue weighted by Gasteiger charge is -2.12. The molecule has 0 spiro atoms. The van der Waals surface area contributed by atoms with Gasteiger partial charge in [0.15, 0.2) is 0 Å². The predicted molar refractivity (Wildman–Crippen MR) is 91.4 cm³/mol. The van der Waals surface area contributed by atoms with E-state index in [1.54, 1.807) is 38.1 Å². The second kappa shape index (κ2) is 7.92. The lowest BCUT2D eigenvalue weighted by atomic mass is 10.1. The van der Waals surface area contributed by atoms with Crippen LogP contribution in [0.25, 0.3) is 0 Å². The number of rotatable bonds is 6. The van der Waals surface area contributed by atoms with Gasteiger partial charge in [-0.25, -0.2) is 4.39 Å². The van der Waals surface area contributed by atoms with Crippen LogP contribution in [0.3, 0.4) is 0 Å². The molecule has 0 aliphatic heterocycles. The van der Waals surface area contributed by atoms with Gasteiger partial charge in [0.1, 0.15) is 5.82 Å². The number of benzene rings is 2. The Morgan fingerprint density at radius 1 is 1.29 bits per heavy atom. The fourth-order valence-electron chi connectivity index (χ4n) is 2.05. The van der Waals surface area contributed by atoms with Gasteiger partial charge in [0.25, 0.3) is 5.69 Å². The van der Waals surface area contributed by atoms with Crippen LogP contribution in [0.2, 0.25) is 0 Å². The van der Waals surface area contributed by atoms with Crippen molar-refractivity contribution in [3.05, 3.63) is 69.5 Å². The topological polar surface area (TPSA) is 72.2 Å². The molecule has 24 heavy (non-hydrogen) atoms. The third-order valence-electron chi connectivity index (χ3n) is 3.42. The highest BCUT2D eigenvalue weighted by Gasteiger charge is 2.15.